The normalized spacial score (nSPS) is 11.8. The quantitative estimate of drug-likeness (QED) is 0.644. The summed E-state index contributed by atoms with van der Waals surface area (Å²) in [4.78, 5) is 16.6. The van der Waals surface area contributed by atoms with Gasteiger partial charge in [-0.25, -0.2) is 9.37 Å². The summed E-state index contributed by atoms with van der Waals surface area (Å²) in [6.45, 7) is 2.16. The van der Waals surface area contributed by atoms with Crippen LogP contribution in [0.25, 0.3) is 0 Å². The molecule has 1 unspecified atom stereocenters. The highest BCUT2D eigenvalue weighted by Gasteiger charge is 2.13. The number of aromatic nitrogens is 1. The Morgan fingerprint density at radius 2 is 2.19 bits per heavy atom. The molecule has 3 rings (SSSR count). The number of thiazole rings is 1. The fraction of sp³-hybridized carbons (Fsp3) is 0.158. The fourth-order valence-electron chi connectivity index (χ4n) is 2.34. The van der Waals surface area contributed by atoms with Gasteiger partial charge < -0.3 is 10.1 Å². The lowest BCUT2D eigenvalue weighted by Crippen LogP contribution is -2.26. The van der Waals surface area contributed by atoms with Crippen molar-refractivity contribution in [1.82, 2.24) is 10.3 Å². The molecule has 0 fully saturated rings. The molecule has 1 atom stereocenters. The van der Waals surface area contributed by atoms with Crippen LogP contribution >= 0.6 is 22.9 Å². The summed E-state index contributed by atoms with van der Waals surface area (Å²) in [5, 5.41) is 4.81. The maximum atomic E-state index is 13.3. The predicted molar refractivity (Wildman–Crippen MR) is 100 cm³/mol. The van der Waals surface area contributed by atoms with Gasteiger partial charge in [0.05, 0.1) is 22.3 Å². The minimum absolute atomic E-state index is 0.0287. The molecule has 1 amide bonds. The average molecular weight is 391 g/mol. The Hall–Kier alpha value is -2.44. The minimum atomic E-state index is -0.487. The summed E-state index contributed by atoms with van der Waals surface area (Å²) in [6, 6.07) is 11.0. The number of ether oxygens (including phenoxy) is 1. The van der Waals surface area contributed by atoms with E-state index < -0.39 is 5.82 Å². The summed E-state index contributed by atoms with van der Waals surface area (Å²) >= 11 is 7.30. The first-order valence-corrected chi connectivity index (χ1v) is 9.21. The number of nitrogens with one attached hydrogen (secondary N) is 1. The van der Waals surface area contributed by atoms with Gasteiger partial charge >= 0.3 is 0 Å². The Morgan fingerprint density at radius 1 is 1.35 bits per heavy atom. The molecule has 4 nitrogen and oxygen atoms in total. The Labute approximate surface area is 159 Å². The molecule has 1 heterocycles. The van der Waals surface area contributed by atoms with Crippen molar-refractivity contribution in [3.05, 3.63) is 81.0 Å². The zero-order valence-corrected chi connectivity index (χ0v) is 15.5. The Bertz CT molecular complexity index is 902. The van der Waals surface area contributed by atoms with Crippen LogP contribution in [0.15, 0.2) is 53.4 Å². The molecule has 0 saturated heterocycles. The summed E-state index contributed by atoms with van der Waals surface area (Å²) in [6.07, 6.45) is 0. The van der Waals surface area contributed by atoms with Gasteiger partial charge in [-0.3, -0.25) is 4.79 Å². The molecule has 0 bridgehead atoms. The molecular formula is C19H16ClFN2O2S. The van der Waals surface area contributed by atoms with E-state index in [1.54, 1.807) is 35.8 Å². The third kappa shape index (κ3) is 4.59. The Kier molecular flexibility index (Phi) is 5.85. The number of hydrogen-bond donors (Lipinski definition) is 1. The maximum Gasteiger partial charge on any atom is 0.251 e. The lowest BCUT2D eigenvalue weighted by Gasteiger charge is -2.15. The van der Waals surface area contributed by atoms with Gasteiger partial charge in [-0.1, -0.05) is 23.7 Å². The first-order valence-electron chi connectivity index (χ1n) is 7.88. The van der Waals surface area contributed by atoms with Crippen LogP contribution < -0.4 is 10.1 Å². The zero-order valence-electron chi connectivity index (χ0n) is 13.9. The second-order valence-electron chi connectivity index (χ2n) is 5.66. The molecule has 0 spiro atoms. The van der Waals surface area contributed by atoms with Crippen molar-refractivity contribution in [2.75, 3.05) is 0 Å². The number of hydrogen-bond acceptors (Lipinski definition) is 4. The highest BCUT2D eigenvalue weighted by Crippen LogP contribution is 2.21. The molecule has 0 aliphatic carbocycles. The van der Waals surface area contributed by atoms with Crippen LogP contribution in [0.1, 0.15) is 34.6 Å². The summed E-state index contributed by atoms with van der Waals surface area (Å²) in [5.74, 6) is -0.154. The topological polar surface area (TPSA) is 51.2 Å². The van der Waals surface area contributed by atoms with Crippen molar-refractivity contribution in [3.8, 4) is 5.75 Å². The minimum Gasteiger partial charge on any atom is -0.487 e. The SMILES string of the molecule is CC(NC(=O)c1cccc(OCc2cscn2)c1)c1ccc(F)c(Cl)c1. The van der Waals surface area contributed by atoms with Crippen LogP contribution in [0, 0.1) is 5.82 Å². The number of halogens is 2. The molecule has 0 radical (unpaired) electrons. The van der Waals surface area contributed by atoms with Gasteiger partial charge in [0.2, 0.25) is 0 Å². The lowest BCUT2D eigenvalue weighted by atomic mass is 10.1. The number of carbonyl (C=O) groups excluding carboxylic acids is 1. The van der Waals surface area contributed by atoms with Gasteiger partial charge in [0.25, 0.3) is 5.91 Å². The summed E-state index contributed by atoms with van der Waals surface area (Å²) in [7, 11) is 0. The molecule has 3 aromatic rings. The summed E-state index contributed by atoms with van der Waals surface area (Å²) < 4.78 is 18.9. The second-order valence-corrected chi connectivity index (χ2v) is 6.79. The first-order chi connectivity index (χ1) is 12.5. The van der Waals surface area contributed by atoms with Crippen molar-refractivity contribution >= 4 is 28.8 Å². The first kappa shape index (κ1) is 18.4. The van der Waals surface area contributed by atoms with Crippen molar-refractivity contribution in [2.45, 2.75) is 19.6 Å². The van der Waals surface area contributed by atoms with Gasteiger partial charge in [-0.2, -0.15) is 0 Å². The highest BCUT2D eigenvalue weighted by atomic mass is 35.5. The van der Waals surface area contributed by atoms with Crippen molar-refractivity contribution in [3.63, 3.8) is 0 Å². The molecule has 0 aliphatic heterocycles. The Balaban J connectivity index is 1.65. The predicted octanol–water partition coefficient (Wildman–Crippen LogP) is 5.01. The number of benzene rings is 2. The molecule has 7 heteroatoms. The van der Waals surface area contributed by atoms with Crippen LogP contribution in [0.4, 0.5) is 4.39 Å². The molecule has 1 aromatic heterocycles. The highest BCUT2D eigenvalue weighted by molar-refractivity contribution is 7.07. The Morgan fingerprint density at radius 3 is 2.92 bits per heavy atom. The van der Waals surface area contributed by atoms with Crippen molar-refractivity contribution in [2.24, 2.45) is 0 Å². The zero-order chi connectivity index (χ0) is 18.5. The van der Waals surface area contributed by atoms with E-state index in [0.29, 0.717) is 17.9 Å². The van der Waals surface area contributed by atoms with Crippen LogP contribution in [0.3, 0.4) is 0 Å². The number of carbonyl (C=O) groups is 1. The number of nitrogens with zero attached hydrogens (tertiary/aromatic N) is 1. The van der Waals surface area contributed by atoms with E-state index in [1.165, 1.54) is 23.5 Å². The number of amides is 1. The van der Waals surface area contributed by atoms with E-state index >= 15 is 0 Å². The van der Waals surface area contributed by atoms with E-state index in [4.69, 9.17) is 16.3 Å². The monoisotopic (exact) mass is 390 g/mol. The van der Waals surface area contributed by atoms with E-state index in [0.717, 1.165) is 11.3 Å². The third-order valence-electron chi connectivity index (χ3n) is 3.76. The molecular weight excluding hydrogens is 375 g/mol. The molecule has 2 aromatic carbocycles. The standard InChI is InChI=1S/C19H16ClFN2O2S/c1-12(13-5-6-18(21)17(20)8-13)23-19(24)14-3-2-4-16(7-14)25-9-15-10-26-11-22-15/h2-8,10-12H,9H2,1H3,(H,23,24). The second kappa shape index (κ2) is 8.29. The van der Waals surface area contributed by atoms with Crippen LogP contribution in [0.2, 0.25) is 5.02 Å². The molecule has 0 saturated carbocycles. The number of rotatable bonds is 6. The van der Waals surface area contributed by atoms with E-state index in [-0.39, 0.29) is 17.0 Å². The fourth-order valence-corrected chi connectivity index (χ4v) is 3.07. The smallest absolute Gasteiger partial charge is 0.251 e. The molecule has 1 N–H and O–H groups in total. The maximum absolute atomic E-state index is 13.3. The van der Waals surface area contributed by atoms with Crippen molar-refractivity contribution in [1.29, 1.82) is 0 Å². The van der Waals surface area contributed by atoms with Gasteiger partial charge in [-0.15, -0.1) is 11.3 Å². The van der Waals surface area contributed by atoms with E-state index in [1.807, 2.05) is 12.3 Å². The molecule has 0 aliphatic rings. The van der Waals surface area contributed by atoms with Crippen LogP contribution in [0.5, 0.6) is 5.75 Å². The average Bonchev–Trinajstić information content (AvgIpc) is 3.16. The van der Waals surface area contributed by atoms with Gasteiger partial charge in [0, 0.05) is 10.9 Å². The summed E-state index contributed by atoms with van der Waals surface area (Å²) in [5.41, 5.74) is 3.78. The van der Waals surface area contributed by atoms with Crippen LogP contribution in [-0.2, 0) is 6.61 Å². The van der Waals surface area contributed by atoms with E-state index in [9.17, 15) is 9.18 Å². The van der Waals surface area contributed by atoms with E-state index in [2.05, 4.69) is 10.3 Å². The van der Waals surface area contributed by atoms with Crippen LogP contribution in [-0.4, -0.2) is 10.9 Å². The van der Waals surface area contributed by atoms with Gasteiger partial charge in [0.15, 0.2) is 0 Å². The molecule has 134 valence electrons. The molecule has 26 heavy (non-hydrogen) atoms. The largest absolute Gasteiger partial charge is 0.487 e. The van der Waals surface area contributed by atoms with Gasteiger partial charge in [-0.05, 0) is 42.8 Å². The third-order valence-corrected chi connectivity index (χ3v) is 4.68. The van der Waals surface area contributed by atoms with Crippen molar-refractivity contribution < 1.29 is 13.9 Å². The van der Waals surface area contributed by atoms with Gasteiger partial charge in [0.1, 0.15) is 18.2 Å². The lowest BCUT2D eigenvalue weighted by molar-refractivity contribution is 0.0939.